The van der Waals surface area contributed by atoms with Gasteiger partial charge in [0, 0.05) is 0 Å². The average molecular weight is 703 g/mol. The average Bonchev–Trinajstić information content (AvgIpc) is 3.03. The third-order valence-corrected chi connectivity index (χ3v) is 12.0. The fourth-order valence-corrected chi connectivity index (χ4v) is 8.44. The zero-order chi connectivity index (χ0) is 35.8. The molecule has 0 heterocycles. The van der Waals surface area contributed by atoms with Crippen molar-refractivity contribution in [3.05, 3.63) is 0 Å². The minimum absolute atomic E-state index is 0.0707. The Balaban J connectivity index is 4.30. The lowest BCUT2D eigenvalue weighted by atomic mass is 9.82. The van der Waals surface area contributed by atoms with E-state index in [4.69, 9.17) is 0 Å². The molecule has 286 valence electrons. The van der Waals surface area contributed by atoms with Crippen LogP contribution in [0.1, 0.15) is 232 Å². The van der Waals surface area contributed by atoms with Gasteiger partial charge in [-0.2, -0.15) is 8.42 Å². The molecule has 0 bridgehead atoms. The predicted molar refractivity (Wildman–Crippen MR) is 201 cm³/mol. The first-order valence-electron chi connectivity index (χ1n) is 20.6. The molecule has 0 aliphatic rings. The fraction of sp³-hybridized carbons (Fsp3) is 0.950. The molecule has 0 aromatic carbocycles. The lowest BCUT2D eigenvalue weighted by Gasteiger charge is -2.32. The molecular weight excluding hydrogens is 625 g/mol. The molecule has 3 N–H and O–H groups in total. The zero-order valence-electron chi connectivity index (χ0n) is 31.5. The molecule has 0 aromatic rings. The smallest absolute Gasteiger partial charge is 0.328 e. The van der Waals surface area contributed by atoms with Crippen LogP contribution < -0.4 is 0 Å². The van der Waals surface area contributed by atoms with E-state index in [2.05, 4.69) is 13.8 Å². The first-order valence-corrected chi connectivity index (χ1v) is 22.0. The van der Waals surface area contributed by atoms with Crippen molar-refractivity contribution in [1.29, 1.82) is 0 Å². The van der Waals surface area contributed by atoms with Crippen molar-refractivity contribution in [2.24, 2.45) is 5.92 Å². The number of unbranched alkanes of at least 4 members (excludes halogenated alkanes) is 30. The largest absolute Gasteiger partial charge is 0.481 e. The number of carbonyl (C=O) groups is 2. The van der Waals surface area contributed by atoms with Crippen LogP contribution in [0, 0.1) is 5.92 Å². The van der Waals surface area contributed by atoms with Gasteiger partial charge in [-0.25, -0.2) is 0 Å². The van der Waals surface area contributed by atoms with E-state index in [1.807, 2.05) is 0 Å². The third kappa shape index (κ3) is 23.3. The second-order valence-corrected chi connectivity index (χ2v) is 16.4. The zero-order valence-corrected chi connectivity index (χ0v) is 32.3. The summed E-state index contributed by atoms with van der Waals surface area (Å²) >= 11 is 0. The number of carboxylic acid groups (broad SMARTS) is 2. The Kier molecular flexibility index (Phi) is 31.0. The van der Waals surface area contributed by atoms with E-state index in [0.717, 1.165) is 44.9 Å². The van der Waals surface area contributed by atoms with E-state index in [-0.39, 0.29) is 19.3 Å². The topological polar surface area (TPSA) is 129 Å². The normalized spacial score (nSPS) is 13.8. The molecule has 0 aromatic heterocycles. The van der Waals surface area contributed by atoms with Crippen molar-refractivity contribution in [3.63, 3.8) is 0 Å². The van der Waals surface area contributed by atoms with E-state index in [9.17, 15) is 32.8 Å². The van der Waals surface area contributed by atoms with Crippen LogP contribution in [0.2, 0.25) is 0 Å². The second-order valence-electron chi connectivity index (χ2n) is 14.7. The van der Waals surface area contributed by atoms with Gasteiger partial charge in [0.1, 0.15) is 0 Å². The molecular formula is C40H78O7S. The summed E-state index contributed by atoms with van der Waals surface area (Å²) in [6.07, 6.45) is 36.4. The number of hydrogen-bond acceptors (Lipinski definition) is 4. The monoisotopic (exact) mass is 703 g/mol. The highest BCUT2D eigenvalue weighted by molar-refractivity contribution is 7.88. The van der Waals surface area contributed by atoms with Crippen molar-refractivity contribution in [2.75, 3.05) is 0 Å². The molecule has 0 amide bonds. The molecule has 0 aliphatic heterocycles. The molecule has 0 rings (SSSR count). The van der Waals surface area contributed by atoms with Gasteiger partial charge in [0.2, 0.25) is 4.75 Å². The maximum atomic E-state index is 12.5. The summed E-state index contributed by atoms with van der Waals surface area (Å²) < 4.78 is 32.4. The fourth-order valence-electron chi connectivity index (χ4n) is 7.24. The van der Waals surface area contributed by atoms with Crippen LogP contribution >= 0.6 is 0 Å². The summed E-state index contributed by atoms with van der Waals surface area (Å²) in [6.45, 7) is 4.49. The maximum absolute atomic E-state index is 12.5. The Morgan fingerprint density at radius 2 is 0.708 bits per heavy atom. The Bertz CT molecular complexity index is 860. The number of hydrogen-bond donors (Lipinski definition) is 3. The molecule has 0 fully saturated rings. The molecule has 0 spiro atoms. The van der Waals surface area contributed by atoms with Crippen LogP contribution in [-0.4, -0.2) is 39.9 Å². The first kappa shape index (κ1) is 46.9. The summed E-state index contributed by atoms with van der Waals surface area (Å²) in [5.74, 6) is -4.89. The lowest BCUT2D eigenvalue weighted by molar-refractivity contribution is -0.152. The van der Waals surface area contributed by atoms with Crippen LogP contribution in [-0.2, 0) is 19.7 Å². The highest BCUT2D eigenvalue weighted by atomic mass is 32.2. The molecule has 2 atom stereocenters. The predicted octanol–water partition coefficient (Wildman–Crippen LogP) is 12.7. The number of carboxylic acids is 2. The van der Waals surface area contributed by atoms with Gasteiger partial charge in [-0.05, 0) is 12.8 Å². The van der Waals surface area contributed by atoms with Gasteiger partial charge >= 0.3 is 11.9 Å². The summed E-state index contributed by atoms with van der Waals surface area (Å²) in [4.78, 5) is 24.6. The highest BCUT2D eigenvalue weighted by Gasteiger charge is 2.58. The quantitative estimate of drug-likeness (QED) is 0.0431. The van der Waals surface area contributed by atoms with Gasteiger partial charge in [-0.15, -0.1) is 0 Å². The van der Waals surface area contributed by atoms with Gasteiger partial charge in [0.05, 0.1) is 5.92 Å². The molecule has 0 saturated carbocycles. The van der Waals surface area contributed by atoms with E-state index in [1.165, 1.54) is 141 Å². The van der Waals surface area contributed by atoms with Crippen LogP contribution in [0.3, 0.4) is 0 Å². The van der Waals surface area contributed by atoms with Crippen LogP contribution in [0.25, 0.3) is 0 Å². The standard InChI is InChI=1S/C40H78O7S/c1-3-5-7-9-11-13-15-17-19-21-23-25-27-29-31-33-35-37(38(41)42)40(39(43)44,48(45,46)47)36-34-32-30-28-26-24-22-20-18-16-14-12-10-8-6-4-2/h37H,3-36H2,1-2H3,(H,41,42)(H,43,44)(H,45,46,47). The minimum atomic E-state index is -5.14. The van der Waals surface area contributed by atoms with Crippen LogP contribution in [0.5, 0.6) is 0 Å². The van der Waals surface area contributed by atoms with E-state index < -0.39 is 32.7 Å². The highest BCUT2D eigenvalue weighted by Crippen LogP contribution is 2.37. The number of aliphatic carboxylic acids is 2. The summed E-state index contributed by atoms with van der Waals surface area (Å²) in [7, 11) is -5.14. The van der Waals surface area contributed by atoms with Crippen molar-refractivity contribution in [3.8, 4) is 0 Å². The van der Waals surface area contributed by atoms with Gasteiger partial charge in [0.25, 0.3) is 10.1 Å². The van der Waals surface area contributed by atoms with Gasteiger partial charge in [-0.3, -0.25) is 14.1 Å². The van der Waals surface area contributed by atoms with E-state index >= 15 is 0 Å². The summed E-state index contributed by atoms with van der Waals surface area (Å²) in [5.41, 5.74) is 0. The first-order chi connectivity index (χ1) is 23.1. The molecule has 8 heteroatoms. The molecule has 0 radical (unpaired) electrons. The van der Waals surface area contributed by atoms with Gasteiger partial charge < -0.3 is 10.2 Å². The molecule has 48 heavy (non-hydrogen) atoms. The molecule has 7 nitrogen and oxygen atoms in total. The van der Waals surface area contributed by atoms with E-state index in [0.29, 0.717) is 12.8 Å². The summed E-state index contributed by atoms with van der Waals surface area (Å²) in [6, 6.07) is 0. The van der Waals surface area contributed by atoms with Gasteiger partial charge in [-0.1, -0.05) is 219 Å². The van der Waals surface area contributed by atoms with Crippen LogP contribution in [0.4, 0.5) is 0 Å². The Labute approximate surface area is 297 Å². The Morgan fingerprint density at radius 1 is 0.458 bits per heavy atom. The summed E-state index contributed by atoms with van der Waals surface area (Å²) in [5, 5.41) is 20.0. The Morgan fingerprint density at radius 3 is 0.938 bits per heavy atom. The molecule has 2 unspecified atom stereocenters. The third-order valence-electron chi connectivity index (χ3n) is 10.4. The lowest BCUT2D eigenvalue weighted by Crippen LogP contribution is -2.55. The number of rotatable bonds is 38. The molecule has 0 saturated heterocycles. The van der Waals surface area contributed by atoms with Crippen LogP contribution in [0.15, 0.2) is 0 Å². The van der Waals surface area contributed by atoms with E-state index in [1.54, 1.807) is 0 Å². The Hall–Kier alpha value is -1.15. The van der Waals surface area contributed by atoms with Crippen molar-refractivity contribution in [1.82, 2.24) is 0 Å². The van der Waals surface area contributed by atoms with Gasteiger partial charge in [0.15, 0.2) is 0 Å². The van der Waals surface area contributed by atoms with Crippen molar-refractivity contribution < 1.29 is 32.8 Å². The SMILES string of the molecule is CCCCCCCCCCCCCCCCCCC(C(=O)O)C(CCCCCCCCCCCCCCCCCC)(C(=O)O)S(=O)(=O)O. The van der Waals surface area contributed by atoms with Crippen molar-refractivity contribution in [2.45, 2.75) is 237 Å². The van der Waals surface area contributed by atoms with Crippen molar-refractivity contribution >= 4 is 22.1 Å². The molecule has 0 aliphatic carbocycles. The second kappa shape index (κ2) is 31.8. The maximum Gasteiger partial charge on any atom is 0.328 e. The minimum Gasteiger partial charge on any atom is -0.481 e.